The molecule has 1 atom stereocenters. The molecule has 0 heterocycles. The van der Waals surface area contributed by atoms with Crippen molar-refractivity contribution in [2.24, 2.45) is 0 Å². The number of carbonyl (C=O) groups is 2. The fourth-order valence-electron chi connectivity index (χ4n) is 1.71. The summed E-state index contributed by atoms with van der Waals surface area (Å²) in [6.07, 6.45) is 0.226. The molecule has 0 N–H and O–H groups in total. The summed E-state index contributed by atoms with van der Waals surface area (Å²) < 4.78 is 9.79. The maximum absolute atomic E-state index is 12.3. The predicted molar refractivity (Wildman–Crippen MR) is 62.8 cm³/mol. The van der Waals surface area contributed by atoms with Gasteiger partial charge in [0.25, 0.3) is 0 Å². The summed E-state index contributed by atoms with van der Waals surface area (Å²) in [5.74, 6) is -1.05. The fraction of sp³-hybridized carbons (Fsp3) is 0.385. The van der Waals surface area contributed by atoms with E-state index >= 15 is 0 Å². The van der Waals surface area contributed by atoms with Gasteiger partial charge in [0, 0.05) is 12.7 Å². The van der Waals surface area contributed by atoms with Crippen molar-refractivity contribution < 1.29 is 19.1 Å². The van der Waals surface area contributed by atoms with Crippen molar-refractivity contribution in [3.63, 3.8) is 0 Å². The number of esters is 1. The van der Waals surface area contributed by atoms with E-state index in [1.54, 1.807) is 37.3 Å². The molecule has 0 saturated carbocycles. The van der Waals surface area contributed by atoms with Crippen LogP contribution in [0.5, 0.6) is 0 Å². The Hall–Kier alpha value is -1.68. The first-order chi connectivity index (χ1) is 8.12. The Morgan fingerprint density at radius 2 is 1.76 bits per heavy atom. The summed E-state index contributed by atoms with van der Waals surface area (Å²) in [5, 5.41) is 0. The summed E-state index contributed by atoms with van der Waals surface area (Å²) >= 11 is 0. The number of rotatable bonds is 5. The van der Waals surface area contributed by atoms with Crippen molar-refractivity contribution in [2.45, 2.75) is 18.9 Å². The topological polar surface area (TPSA) is 52.6 Å². The highest BCUT2D eigenvalue weighted by Gasteiger charge is 2.46. The molecular formula is C13H16O4. The molecule has 0 amide bonds. The van der Waals surface area contributed by atoms with E-state index in [1.165, 1.54) is 14.2 Å². The molecule has 92 valence electrons. The standard InChI is InChI=1S/C13H16O4/c1-4-13(17-3,12(15)16-2)11(14)10-8-6-5-7-9-10/h5-9H,4H2,1-3H3. The Morgan fingerprint density at radius 3 is 2.18 bits per heavy atom. The predicted octanol–water partition coefficient (Wildman–Crippen LogP) is 1.84. The van der Waals surface area contributed by atoms with Crippen LogP contribution < -0.4 is 0 Å². The molecule has 1 unspecified atom stereocenters. The van der Waals surface area contributed by atoms with E-state index in [4.69, 9.17) is 4.74 Å². The molecule has 0 aliphatic carbocycles. The van der Waals surface area contributed by atoms with Gasteiger partial charge in [0.05, 0.1) is 7.11 Å². The number of ether oxygens (including phenoxy) is 2. The maximum atomic E-state index is 12.3. The van der Waals surface area contributed by atoms with Crippen molar-refractivity contribution in [2.75, 3.05) is 14.2 Å². The van der Waals surface area contributed by atoms with E-state index in [2.05, 4.69) is 4.74 Å². The highest BCUT2D eigenvalue weighted by Crippen LogP contribution is 2.23. The Morgan fingerprint density at radius 1 is 1.18 bits per heavy atom. The molecular weight excluding hydrogens is 220 g/mol. The molecule has 0 radical (unpaired) electrons. The second kappa shape index (κ2) is 5.59. The first kappa shape index (κ1) is 13.4. The molecule has 0 fully saturated rings. The SMILES string of the molecule is CCC(OC)(C(=O)OC)C(=O)c1ccccc1. The van der Waals surface area contributed by atoms with Crippen LogP contribution >= 0.6 is 0 Å². The third kappa shape index (κ3) is 2.36. The molecule has 0 aromatic heterocycles. The number of hydrogen-bond acceptors (Lipinski definition) is 4. The average Bonchev–Trinajstić information content (AvgIpc) is 2.41. The van der Waals surface area contributed by atoms with Gasteiger partial charge < -0.3 is 9.47 Å². The van der Waals surface area contributed by atoms with Crippen molar-refractivity contribution in [3.05, 3.63) is 35.9 Å². The first-order valence-electron chi connectivity index (χ1n) is 5.35. The van der Waals surface area contributed by atoms with Crippen molar-refractivity contribution >= 4 is 11.8 Å². The largest absolute Gasteiger partial charge is 0.467 e. The summed E-state index contributed by atoms with van der Waals surface area (Å²) in [7, 11) is 2.57. The van der Waals surface area contributed by atoms with E-state index < -0.39 is 11.6 Å². The molecule has 17 heavy (non-hydrogen) atoms. The lowest BCUT2D eigenvalue weighted by Crippen LogP contribution is -2.48. The zero-order valence-electron chi connectivity index (χ0n) is 10.2. The summed E-state index contributed by atoms with van der Waals surface area (Å²) in [4.78, 5) is 24.0. The quantitative estimate of drug-likeness (QED) is 0.444. The lowest BCUT2D eigenvalue weighted by Gasteiger charge is -2.26. The second-order valence-corrected chi connectivity index (χ2v) is 3.57. The molecule has 1 aromatic rings. The lowest BCUT2D eigenvalue weighted by molar-refractivity contribution is -0.160. The van der Waals surface area contributed by atoms with E-state index in [1.807, 2.05) is 0 Å². The van der Waals surface area contributed by atoms with Gasteiger partial charge in [-0.2, -0.15) is 0 Å². The molecule has 0 aliphatic rings. The molecule has 0 aliphatic heterocycles. The van der Waals surface area contributed by atoms with Crippen LogP contribution in [-0.4, -0.2) is 31.6 Å². The van der Waals surface area contributed by atoms with Gasteiger partial charge in [-0.15, -0.1) is 0 Å². The van der Waals surface area contributed by atoms with Gasteiger partial charge in [0.15, 0.2) is 0 Å². The van der Waals surface area contributed by atoms with Gasteiger partial charge >= 0.3 is 5.97 Å². The Labute approximate surface area is 101 Å². The molecule has 0 saturated heterocycles. The minimum atomic E-state index is -1.55. The number of Topliss-reactive ketones (excluding diaryl/α,β-unsaturated/α-hetero) is 1. The second-order valence-electron chi connectivity index (χ2n) is 3.57. The summed E-state index contributed by atoms with van der Waals surface area (Å²) in [5.41, 5.74) is -1.11. The van der Waals surface area contributed by atoms with E-state index in [0.717, 1.165) is 0 Å². The van der Waals surface area contributed by atoms with Crippen LogP contribution in [0, 0.1) is 0 Å². The van der Waals surface area contributed by atoms with Crippen LogP contribution in [0.15, 0.2) is 30.3 Å². The number of methoxy groups -OCH3 is 2. The van der Waals surface area contributed by atoms with E-state index in [-0.39, 0.29) is 12.2 Å². The van der Waals surface area contributed by atoms with Crippen LogP contribution in [-0.2, 0) is 14.3 Å². The maximum Gasteiger partial charge on any atom is 0.346 e. The lowest BCUT2D eigenvalue weighted by atomic mass is 9.90. The monoisotopic (exact) mass is 236 g/mol. The van der Waals surface area contributed by atoms with Gasteiger partial charge in [0.2, 0.25) is 11.4 Å². The normalized spacial score (nSPS) is 13.8. The molecule has 1 aromatic carbocycles. The van der Waals surface area contributed by atoms with E-state index in [0.29, 0.717) is 5.56 Å². The molecule has 4 nitrogen and oxygen atoms in total. The van der Waals surface area contributed by atoms with E-state index in [9.17, 15) is 9.59 Å². The Bertz CT molecular complexity index is 393. The Kier molecular flexibility index (Phi) is 4.40. The smallest absolute Gasteiger partial charge is 0.346 e. The number of benzene rings is 1. The minimum absolute atomic E-state index is 0.226. The zero-order chi connectivity index (χ0) is 12.9. The summed E-state index contributed by atoms with van der Waals surface area (Å²) in [6.45, 7) is 1.71. The highest BCUT2D eigenvalue weighted by atomic mass is 16.6. The fourth-order valence-corrected chi connectivity index (χ4v) is 1.71. The van der Waals surface area contributed by atoms with Gasteiger partial charge in [-0.1, -0.05) is 37.3 Å². The average molecular weight is 236 g/mol. The van der Waals surface area contributed by atoms with Crippen LogP contribution in [0.25, 0.3) is 0 Å². The molecule has 0 bridgehead atoms. The van der Waals surface area contributed by atoms with Gasteiger partial charge in [-0.25, -0.2) is 4.79 Å². The molecule has 0 spiro atoms. The number of carbonyl (C=O) groups excluding carboxylic acids is 2. The molecule has 1 rings (SSSR count). The van der Waals surface area contributed by atoms with Crippen LogP contribution in [0.2, 0.25) is 0 Å². The summed E-state index contributed by atoms with van der Waals surface area (Å²) in [6, 6.07) is 8.57. The van der Waals surface area contributed by atoms with Crippen LogP contribution in [0.1, 0.15) is 23.7 Å². The van der Waals surface area contributed by atoms with Gasteiger partial charge in [0.1, 0.15) is 0 Å². The van der Waals surface area contributed by atoms with Crippen LogP contribution in [0.4, 0.5) is 0 Å². The van der Waals surface area contributed by atoms with Crippen molar-refractivity contribution in [3.8, 4) is 0 Å². The van der Waals surface area contributed by atoms with Gasteiger partial charge in [-0.05, 0) is 6.42 Å². The highest BCUT2D eigenvalue weighted by molar-refractivity contribution is 6.15. The third-order valence-corrected chi connectivity index (χ3v) is 2.76. The van der Waals surface area contributed by atoms with Crippen molar-refractivity contribution in [1.82, 2.24) is 0 Å². The zero-order valence-corrected chi connectivity index (χ0v) is 10.2. The minimum Gasteiger partial charge on any atom is -0.467 e. The number of ketones is 1. The van der Waals surface area contributed by atoms with Gasteiger partial charge in [-0.3, -0.25) is 4.79 Å². The van der Waals surface area contributed by atoms with Crippen LogP contribution in [0.3, 0.4) is 0 Å². The Balaban J connectivity index is 3.16. The third-order valence-electron chi connectivity index (χ3n) is 2.76. The van der Waals surface area contributed by atoms with Crippen molar-refractivity contribution in [1.29, 1.82) is 0 Å². The molecule has 4 heteroatoms. The first-order valence-corrected chi connectivity index (χ1v) is 5.35. The number of hydrogen-bond donors (Lipinski definition) is 0.